The van der Waals surface area contributed by atoms with Gasteiger partial charge in [0, 0.05) is 11.8 Å². The third kappa shape index (κ3) is 1.89. The maximum atomic E-state index is 8.97. The van der Waals surface area contributed by atoms with Crippen molar-refractivity contribution >= 4 is 5.69 Å². The maximum Gasteiger partial charge on any atom is 0.231 e. The average molecular weight is 218 g/mol. The molecule has 0 radical (unpaired) electrons. The molecule has 0 fully saturated rings. The monoisotopic (exact) mass is 218 g/mol. The van der Waals surface area contributed by atoms with Gasteiger partial charge in [-0.3, -0.25) is 0 Å². The lowest BCUT2D eigenvalue weighted by Gasteiger charge is -2.20. The Hall–Kier alpha value is -1.89. The van der Waals surface area contributed by atoms with Crippen LogP contribution in [0.4, 0.5) is 5.69 Å². The van der Waals surface area contributed by atoms with E-state index in [1.54, 1.807) is 0 Å². The predicted molar refractivity (Wildman–Crippen MR) is 60.6 cm³/mol. The van der Waals surface area contributed by atoms with Crippen molar-refractivity contribution in [3.8, 4) is 17.6 Å². The van der Waals surface area contributed by atoms with Crippen molar-refractivity contribution in [2.24, 2.45) is 0 Å². The molecule has 0 saturated carbocycles. The Morgan fingerprint density at radius 1 is 1.31 bits per heavy atom. The fourth-order valence-corrected chi connectivity index (χ4v) is 1.54. The van der Waals surface area contributed by atoms with Crippen molar-refractivity contribution in [2.75, 3.05) is 12.1 Å². The zero-order valence-corrected chi connectivity index (χ0v) is 9.63. The number of nitrogens with zero attached hydrogens (tertiary/aromatic N) is 1. The lowest BCUT2D eigenvalue weighted by Crippen LogP contribution is -2.28. The number of nitrogens with one attached hydrogen (secondary N) is 1. The first-order chi connectivity index (χ1) is 7.52. The van der Waals surface area contributed by atoms with Crippen LogP contribution in [0.3, 0.4) is 0 Å². The van der Waals surface area contributed by atoms with Crippen LogP contribution in [0, 0.1) is 18.3 Å². The molecule has 4 heteroatoms. The highest BCUT2D eigenvalue weighted by Gasteiger charge is 2.20. The highest BCUT2D eigenvalue weighted by Crippen LogP contribution is 2.37. The molecule has 16 heavy (non-hydrogen) atoms. The number of aryl methyl sites for hydroxylation is 1. The fourth-order valence-electron chi connectivity index (χ4n) is 1.54. The van der Waals surface area contributed by atoms with Gasteiger partial charge < -0.3 is 14.8 Å². The quantitative estimate of drug-likeness (QED) is 0.828. The molecule has 0 atom stereocenters. The number of hydrogen-bond acceptors (Lipinski definition) is 4. The molecule has 1 N–H and O–H groups in total. The molecule has 84 valence electrons. The molecule has 0 unspecified atom stereocenters. The van der Waals surface area contributed by atoms with Crippen LogP contribution in [-0.2, 0) is 0 Å². The van der Waals surface area contributed by atoms with Crippen molar-refractivity contribution in [1.29, 1.82) is 5.26 Å². The van der Waals surface area contributed by atoms with Crippen LogP contribution in [0.1, 0.15) is 19.4 Å². The summed E-state index contributed by atoms with van der Waals surface area (Å²) in [5.74, 6) is 1.49. The second-order valence-electron chi connectivity index (χ2n) is 4.38. The standard InChI is InChI=1S/C12H14N2O2/c1-8-4-10-11(16-7-15-10)5-9(8)14-12(2,3)6-13/h4-5,14H,7H2,1-3H3. The molecule has 4 nitrogen and oxygen atoms in total. The van der Waals surface area contributed by atoms with Gasteiger partial charge in [-0.15, -0.1) is 0 Å². The Morgan fingerprint density at radius 2 is 1.94 bits per heavy atom. The number of ether oxygens (including phenoxy) is 2. The van der Waals surface area contributed by atoms with E-state index in [1.165, 1.54) is 0 Å². The Labute approximate surface area is 94.8 Å². The molecule has 0 aromatic heterocycles. The van der Waals surface area contributed by atoms with Gasteiger partial charge in [-0.2, -0.15) is 5.26 Å². The molecule has 1 aromatic carbocycles. The Morgan fingerprint density at radius 3 is 2.56 bits per heavy atom. The summed E-state index contributed by atoms with van der Waals surface area (Å²) in [6.07, 6.45) is 0. The SMILES string of the molecule is Cc1cc2c(cc1NC(C)(C)C#N)OCO2. The number of hydrogen-bond donors (Lipinski definition) is 1. The van der Waals surface area contributed by atoms with Gasteiger partial charge in [-0.05, 0) is 32.4 Å². The first kappa shape index (κ1) is 10.6. The molecule has 0 bridgehead atoms. The van der Waals surface area contributed by atoms with Crippen LogP contribution >= 0.6 is 0 Å². The summed E-state index contributed by atoms with van der Waals surface area (Å²) in [6, 6.07) is 5.99. The van der Waals surface area contributed by atoms with Crippen LogP contribution in [0.5, 0.6) is 11.5 Å². The van der Waals surface area contributed by atoms with Gasteiger partial charge in [0.25, 0.3) is 0 Å². The summed E-state index contributed by atoms with van der Waals surface area (Å²) in [5.41, 5.74) is 1.33. The highest BCUT2D eigenvalue weighted by molar-refractivity contribution is 5.62. The molecule has 2 rings (SSSR count). The van der Waals surface area contributed by atoms with E-state index in [-0.39, 0.29) is 6.79 Å². The summed E-state index contributed by atoms with van der Waals surface area (Å²) in [7, 11) is 0. The summed E-state index contributed by atoms with van der Waals surface area (Å²) in [4.78, 5) is 0. The predicted octanol–water partition coefficient (Wildman–Crippen LogP) is 2.44. The van der Waals surface area contributed by atoms with Crippen LogP contribution in [-0.4, -0.2) is 12.3 Å². The van der Waals surface area contributed by atoms with Crippen molar-refractivity contribution in [2.45, 2.75) is 26.3 Å². The largest absolute Gasteiger partial charge is 0.454 e. The molecule has 0 amide bonds. The Balaban J connectivity index is 2.33. The summed E-state index contributed by atoms with van der Waals surface area (Å²) < 4.78 is 10.6. The Bertz CT molecular complexity index is 461. The van der Waals surface area contributed by atoms with Gasteiger partial charge >= 0.3 is 0 Å². The zero-order chi connectivity index (χ0) is 11.8. The smallest absolute Gasteiger partial charge is 0.231 e. The van der Waals surface area contributed by atoms with Gasteiger partial charge in [0.15, 0.2) is 11.5 Å². The van der Waals surface area contributed by atoms with E-state index in [0.29, 0.717) is 0 Å². The zero-order valence-electron chi connectivity index (χ0n) is 9.63. The second kappa shape index (κ2) is 3.60. The van der Waals surface area contributed by atoms with Gasteiger partial charge in [-0.25, -0.2) is 0 Å². The van der Waals surface area contributed by atoms with Crippen LogP contribution < -0.4 is 14.8 Å². The first-order valence-corrected chi connectivity index (χ1v) is 5.11. The van der Waals surface area contributed by atoms with Crippen molar-refractivity contribution in [3.63, 3.8) is 0 Å². The van der Waals surface area contributed by atoms with Crippen LogP contribution in [0.25, 0.3) is 0 Å². The first-order valence-electron chi connectivity index (χ1n) is 5.11. The molecule has 0 aliphatic carbocycles. The van der Waals surface area contributed by atoms with E-state index >= 15 is 0 Å². The minimum atomic E-state index is -0.599. The number of anilines is 1. The van der Waals surface area contributed by atoms with Gasteiger partial charge in [0.05, 0.1) is 6.07 Å². The minimum Gasteiger partial charge on any atom is -0.454 e. The molecular formula is C12H14N2O2. The van der Waals surface area contributed by atoms with Gasteiger partial charge in [0.1, 0.15) is 5.54 Å². The number of nitriles is 1. The average Bonchev–Trinajstić information content (AvgIpc) is 2.65. The Kier molecular flexibility index (Phi) is 2.39. The van der Waals surface area contributed by atoms with Gasteiger partial charge in [-0.1, -0.05) is 0 Å². The van der Waals surface area contributed by atoms with Crippen LogP contribution in [0.15, 0.2) is 12.1 Å². The molecular weight excluding hydrogens is 204 g/mol. The van der Waals surface area contributed by atoms with E-state index in [2.05, 4.69) is 11.4 Å². The highest BCUT2D eigenvalue weighted by atomic mass is 16.7. The van der Waals surface area contributed by atoms with Crippen LogP contribution in [0.2, 0.25) is 0 Å². The fraction of sp³-hybridized carbons (Fsp3) is 0.417. The summed E-state index contributed by atoms with van der Waals surface area (Å²) in [5, 5.41) is 12.1. The summed E-state index contributed by atoms with van der Waals surface area (Å²) >= 11 is 0. The van der Waals surface area contributed by atoms with E-state index < -0.39 is 5.54 Å². The van der Waals surface area contributed by atoms with E-state index in [9.17, 15) is 0 Å². The molecule has 0 saturated heterocycles. The van der Waals surface area contributed by atoms with Crippen molar-refractivity contribution < 1.29 is 9.47 Å². The normalized spacial score (nSPS) is 13.4. The van der Waals surface area contributed by atoms with Gasteiger partial charge in [0.2, 0.25) is 6.79 Å². The number of rotatable bonds is 2. The lowest BCUT2D eigenvalue weighted by atomic mass is 10.1. The van der Waals surface area contributed by atoms with Crippen molar-refractivity contribution in [1.82, 2.24) is 0 Å². The maximum absolute atomic E-state index is 8.97. The van der Waals surface area contributed by atoms with Crippen molar-refractivity contribution in [3.05, 3.63) is 17.7 Å². The molecule has 0 spiro atoms. The van der Waals surface area contributed by atoms with E-state index in [0.717, 1.165) is 22.7 Å². The topological polar surface area (TPSA) is 54.3 Å². The molecule has 1 aromatic rings. The number of fused-ring (bicyclic) bond motifs is 1. The molecule has 1 heterocycles. The lowest BCUT2D eigenvalue weighted by molar-refractivity contribution is 0.174. The molecule has 1 aliphatic rings. The number of benzene rings is 1. The molecule has 1 aliphatic heterocycles. The second-order valence-corrected chi connectivity index (χ2v) is 4.38. The van der Waals surface area contributed by atoms with E-state index in [1.807, 2.05) is 32.9 Å². The third-order valence-corrected chi connectivity index (χ3v) is 2.45. The van der Waals surface area contributed by atoms with E-state index in [4.69, 9.17) is 14.7 Å². The third-order valence-electron chi connectivity index (χ3n) is 2.45. The minimum absolute atomic E-state index is 0.264. The summed E-state index contributed by atoms with van der Waals surface area (Å²) in [6.45, 7) is 5.89.